The van der Waals surface area contributed by atoms with Gasteiger partial charge in [-0.15, -0.1) is 16.3 Å². The van der Waals surface area contributed by atoms with Gasteiger partial charge in [0.05, 0.1) is 0 Å². The van der Waals surface area contributed by atoms with Crippen molar-refractivity contribution in [2.75, 3.05) is 18.1 Å². The van der Waals surface area contributed by atoms with Gasteiger partial charge in [-0.3, -0.25) is 4.57 Å². The SMILES string of the molecule is CC(C)(C)OC(=O)O[C@H]1[C@H](F)[C@H](n2ccc(N(C(=O)OC(C)(C)C)C(=O)OC(C)(C)C)nc2=O)S[C@@H]1CCO[P+]1(O)OCCC(c2cccc(Cl)c2)O1. The molecule has 1 aromatic carbocycles. The summed E-state index contributed by atoms with van der Waals surface area (Å²) in [6.45, 7) is 14.3. The van der Waals surface area contributed by atoms with Crippen LogP contribution in [-0.4, -0.2) is 80.3 Å². The summed E-state index contributed by atoms with van der Waals surface area (Å²) < 4.78 is 55.8. The van der Waals surface area contributed by atoms with Crippen LogP contribution in [0.1, 0.15) is 92.2 Å². The molecule has 4 rings (SSSR count). The lowest BCUT2D eigenvalue weighted by atomic mass is 10.1. The number of imide groups is 1. The summed E-state index contributed by atoms with van der Waals surface area (Å²) >= 11 is 7.08. The summed E-state index contributed by atoms with van der Waals surface area (Å²) in [5.74, 6) is -0.416. The second kappa shape index (κ2) is 16.8. The van der Waals surface area contributed by atoms with Crippen molar-refractivity contribution >= 4 is 55.7 Å². The van der Waals surface area contributed by atoms with E-state index in [1.165, 1.54) is 0 Å². The molecule has 0 aliphatic carbocycles. The summed E-state index contributed by atoms with van der Waals surface area (Å²) in [4.78, 5) is 67.8. The quantitative estimate of drug-likeness (QED) is 0.154. The number of aromatic nitrogens is 2. The van der Waals surface area contributed by atoms with Gasteiger partial charge >= 0.3 is 32.2 Å². The van der Waals surface area contributed by atoms with Gasteiger partial charge in [0, 0.05) is 22.9 Å². The van der Waals surface area contributed by atoms with Crippen LogP contribution in [0.15, 0.2) is 41.3 Å². The Morgan fingerprint density at radius 1 is 1.04 bits per heavy atom. The van der Waals surface area contributed by atoms with E-state index in [2.05, 4.69) is 4.98 Å². The zero-order valence-corrected chi connectivity index (χ0v) is 33.5. The monoisotopic (exact) mass is 806 g/mol. The fourth-order valence-corrected chi connectivity index (χ4v) is 8.24. The third-order valence-corrected chi connectivity index (χ3v) is 10.5. The molecule has 15 nitrogen and oxygen atoms in total. The highest BCUT2D eigenvalue weighted by Gasteiger charge is 2.53. The number of amides is 2. The van der Waals surface area contributed by atoms with Gasteiger partial charge in [-0.05, 0) is 92.5 Å². The minimum Gasteiger partial charge on any atom is -0.443 e. The van der Waals surface area contributed by atoms with Crippen molar-refractivity contribution in [3.05, 3.63) is 57.6 Å². The minimum atomic E-state index is -3.81. The Kier molecular flexibility index (Phi) is 13.5. The van der Waals surface area contributed by atoms with E-state index in [0.29, 0.717) is 16.3 Å². The van der Waals surface area contributed by atoms with Gasteiger partial charge in [0.1, 0.15) is 41.5 Å². The van der Waals surface area contributed by atoms with Crippen molar-refractivity contribution in [2.24, 2.45) is 0 Å². The van der Waals surface area contributed by atoms with E-state index in [1.807, 2.05) is 0 Å². The largest absolute Gasteiger partial charge is 0.573 e. The predicted molar refractivity (Wildman–Crippen MR) is 195 cm³/mol. The smallest absolute Gasteiger partial charge is 0.443 e. The summed E-state index contributed by atoms with van der Waals surface area (Å²) in [6.07, 6.45) is -5.75. The van der Waals surface area contributed by atoms with Crippen LogP contribution in [0.3, 0.4) is 0 Å². The van der Waals surface area contributed by atoms with Crippen molar-refractivity contribution in [1.29, 1.82) is 0 Å². The number of carbonyl (C=O) groups excluding carboxylic acids is 3. The van der Waals surface area contributed by atoms with E-state index >= 15 is 4.39 Å². The molecule has 1 N–H and O–H groups in total. The molecule has 6 atom stereocenters. The van der Waals surface area contributed by atoms with Gasteiger partial charge in [0.15, 0.2) is 18.1 Å². The van der Waals surface area contributed by atoms with Crippen LogP contribution in [0.2, 0.25) is 5.02 Å². The molecule has 53 heavy (non-hydrogen) atoms. The van der Waals surface area contributed by atoms with E-state index in [1.54, 1.807) is 86.6 Å². The molecule has 2 aliphatic rings. The number of hydrogen-bond donors (Lipinski definition) is 1. The molecule has 0 saturated carbocycles. The maximum absolute atomic E-state index is 16.3. The normalized spacial score (nSPS) is 25.0. The lowest BCUT2D eigenvalue weighted by Gasteiger charge is -2.28. The Labute approximate surface area is 317 Å². The third-order valence-electron chi connectivity index (χ3n) is 7.13. The van der Waals surface area contributed by atoms with Crippen molar-refractivity contribution in [1.82, 2.24) is 9.55 Å². The van der Waals surface area contributed by atoms with Gasteiger partial charge in [-0.2, -0.15) is 23.8 Å². The van der Waals surface area contributed by atoms with Gasteiger partial charge in [0.2, 0.25) is 0 Å². The zero-order valence-electron chi connectivity index (χ0n) is 31.1. The molecule has 0 bridgehead atoms. The van der Waals surface area contributed by atoms with E-state index in [-0.39, 0.29) is 19.6 Å². The van der Waals surface area contributed by atoms with Crippen LogP contribution >= 0.6 is 31.5 Å². The maximum atomic E-state index is 16.3. The van der Waals surface area contributed by atoms with Crippen molar-refractivity contribution < 1.29 is 56.2 Å². The Bertz CT molecular complexity index is 1670. The molecule has 0 radical (unpaired) electrons. The standard InChI is InChI=1S/C34H47ClFN3O12PS/c1-32(2,3)48-29(41)39(30(42)49-33(4,5)6)24-13-16-38(28(40)37-24)27-25(36)26(47-31(43)50-34(7,8)9)23(53-27)15-18-46-52(44)45-17-14-22(51-52)20-11-10-12-21(35)19-20/h10-13,16,19,22-23,25-27,44H,14-15,17-18H2,1-9H3/q+1/t22?,23-,25+,26-,27-,52?/m1/s1. The number of halogens is 2. The summed E-state index contributed by atoms with van der Waals surface area (Å²) in [5.41, 5.74) is -3.26. The molecule has 2 amide bonds. The number of hydrogen-bond acceptors (Lipinski definition) is 14. The molecular weight excluding hydrogens is 760 g/mol. The number of alkyl halides is 1. The molecule has 3 heterocycles. The average Bonchev–Trinajstić information content (AvgIpc) is 3.28. The fraction of sp³-hybridized carbons (Fsp3) is 0.618. The predicted octanol–water partition coefficient (Wildman–Crippen LogP) is 8.10. The summed E-state index contributed by atoms with van der Waals surface area (Å²) in [6, 6.07) is 8.15. The Balaban J connectivity index is 1.56. The third kappa shape index (κ3) is 12.2. The first-order valence-electron chi connectivity index (χ1n) is 16.8. The van der Waals surface area contributed by atoms with E-state index in [9.17, 15) is 24.1 Å². The van der Waals surface area contributed by atoms with Crippen LogP contribution in [-0.2, 0) is 32.5 Å². The van der Waals surface area contributed by atoms with Gasteiger partial charge in [0.25, 0.3) is 0 Å². The summed E-state index contributed by atoms with van der Waals surface area (Å²) in [5, 5.41) is -1.61. The number of nitrogens with zero attached hydrogens (tertiary/aromatic N) is 3. The van der Waals surface area contributed by atoms with Crippen molar-refractivity contribution in [2.45, 2.75) is 121 Å². The van der Waals surface area contributed by atoms with Crippen LogP contribution in [0.4, 0.5) is 24.6 Å². The van der Waals surface area contributed by atoms with Crippen molar-refractivity contribution in [3.63, 3.8) is 0 Å². The number of ether oxygens (including phenoxy) is 4. The molecule has 2 aromatic rings. The first kappa shape index (κ1) is 42.7. The number of carbonyl (C=O) groups is 3. The van der Waals surface area contributed by atoms with E-state index < -0.39 is 83.8 Å². The average molecular weight is 807 g/mol. The van der Waals surface area contributed by atoms with Gasteiger partial charge in [-0.1, -0.05) is 23.7 Å². The van der Waals surface area contributed by atoms with Crippen molar-refractivity contribution in [3.8, 4) is 0 Å². The molecule has 294 valence electrons. The molecule has 2 fully saturated rings. The molecule has 2 unspecified atom stereocenters. The summed E-state index contributed by atoms with van der Waals surface area (Å²) in [7, 11) is -3.81. The van der Waals surface area contributed by atoms with Crippen LogP contribution in [0, 0.1) is 0 Å². The van der Waals surface area contributed by atoms with Gasteiger partial charge < -0.3 is 18.9 Å². The molecule has 1 aromatic heterocycles. The fourth-order valence-electron chi connectivity index (χ4n) is 5.08. The second-order valence-corrected chi connectivity index (χ2v) is 18.7. The molecular formula is C34H47ClFN3O12PS+. The van der Waals surface area contributed by atoms with E-state index in [4.69, 9.17) is 44.1 Å². The van der Waals surface area contributed by atoms with Crippen LogP contribution < -0.4 is 10.6 Å². The number of anilines is 1. The topological polar surface area (TPSA) is 174 Å². The Morgan fingerprint density at radius 3 is 2.23 bits per heavy atom. The van der Waals surface area contributed by atoms with Crippen LogP contribution in [0.25, 0.3) is 0 Å². The lowest BCUT2D eigenvalue weighted by Crippen LogP contribution is -2.45. The highest BCUT2D eigenvalue weighted by molar-refractivity contribution is 8.00. The number of thioether (sulfide) groups is 1. The first-order chi connectivity index (χ1) is 24.4. The lowest BCUT2D eigenvalue weighted by molar-refractivity contribution is -0.0455. The molecule has 0 spiro atoms. The molecule has 19 heteroatoms. The molecule has 2 saturated heterocycles. The number of benzene rings is 1. The van der Waals surface area contributed by atoms with Gasteiger partial charge in [-0.25, -0.2) is 23.6 Å². The van der Waals surface area contributed by atoms with Crippen LogP contribution in [0.5, 0.6) is 0 Å². The first-order valence-corrected chi connectivity index (χ1v) is 19.6. The zero-order chi connectivity index (χ0) is 39.5. The Morgan fingerprint density at radius 2 is 1.66 bits per heavy atom. The highest BCUT2D eigenvalue weighted by atomic mass is 35.5. The highest BCUT2D eigenvalue weighted by Crippen LogP contribution is 2.64. The Hall–Kier alpha value is -3.05. The number of rotatable bonds is 8. The minimum absolute atomic E-state index is 0.0112. The second-order valence-electron chi connectivity index (χ2n) is 15.2. The maximum Gasteiger partial charge on any atom is 0.573 e. The van der Waals surface area contributed by atoms with E-state index in [0.717, 1.165) is 34.2 Å². The molecule has 2 aliphatic heterocycles.